The molecule has 5 heteroatoms. The molecule has 1 aromatic carbocycles. The fraction of sp³-hybridized carbons (Fsp3) is 0.500. The minimum atomic E-state index is -1.12. The Morgan fingerprint density at radius 2 is 1.81 bits per heavy atom. The van der Waals surface area contributed by atoms with E-state index in [2.05, 4.69) is 13.8 Å². The summed E-state index contributed by atoms with van der Waals surface area (Å²) in [5.74, 6) is -1.33. The van der Waals surface area contributed by atoms with Crippen molar-refractivity contribution in [3.8, 4) is 0 Å². The number of carbonyl (C=O) groups is 2. The summed E-state index contributed by atoms with van der Waals surface area (Å²) in [7, 11) is 0. The number of carboxylic acid groups (broad SMARTS) is 1. The summed E-state index contributed by atoms with van der Waals surface area (Å²) in [6.45, 7) is 4.55. The molecule has 1 atom stereocenters. The van der Waals surface area contributed by atoms with E-state index in [1.807, 2.05) is 0 Å². The van der Waals surface area contributed by atoms with Crippen molar-refractivity contribution < 1.29 is 19.4 Å². The summed E-state index contributed by atoms with van der Waals surface area (Å²) in [5.41, 5.74) is 0.101. The van der Waals surface area contributed by atoms with Gasteiger partial charge >= 0.3 is 11.9 Å². The Bertz CT molecular complexity index is 459. The van der Waals surface area contributed by atoms with Gasteiger partial charge in [-0.1, -0.05) is 45.2 Å². The maximum Gasteiger partial charge on any atom is 0.339 e. The summed E-state index contributed by atoms with van der Waals surface area (Å²) in [4.78, 5) is 23.0. The number of aromatic carboxylic acids is 1. The molecule has 0 aliphatic carbocycles. The standard InChI is InChI=1S/C16H22O4.Na/c1-3-5-8-12(4-2)11-20-16(19)14-10-7-6-9-13(14)15(17)18;/h6-7,9-10,12H,3-5,8,11H2,1-2H3,(H,17,18);. The zero-order valence-electron chi connectivity index (χ0n) is 13.1. The third kappa shape index (κ3) is 6.64. The Kier molecular flexibility index (Phi) is 10.4. The maximum atomic E-state index is 12.0. The van der Waals surface area contributed by atoms with E-state index < -0.39 is 11.9 Å². The molecule has 0 heterocycles. The quantitative estimate of drug-likeness (QED) is 0.590. The van der Waals surface area contributed by atoms with Crippen molar-refractivity contribution in [2.75, 3.05) is 6.61 Å². The van der Waals surface area contributed by atoms with Crippen LogP contribution in [-0.2, 0) is 4.74 Å². The number of rotatable bonds is 8. The predicted molar refractivity (Wildman–Crippen MR) is 82.7 cm³/mol. The number of carboxylic acids is 1. The zero-order chi connectivity index (χ0) is 15.0. The summed E-state index contributed by atoms with van der Waals surface area (Å²) in [6.07, 6.45) is 4.21. The number of hydrogen-bond acceptors (Lipinski definition) is 3. The number of carbonyl (C=O) groups excluding carboxylic acids is 1. The van der Waals surface area contributed by atoms with Gasteiger partial charge < -0.3 is 9.84 Å². The molecule has 1 unspecified atom stereocenters. The second-order valence-corrected chi connectivity index (χ2v) is 4.87. The van der Waals surface area contributed by atoms with Crippen molar-refractivity contribution >= 4 is 41.5 Å². The van der Waals surface area contributed by atoms with Crippen molar-refractivity contribution in [1.82, 2.24) is 0 Å². The average Bonchev–Trinajstić information content (AvgIpc) is 2.47. The van der Waals surface area contributed by atoms with Crippen molar-refractivity contribution in [3.05, 3.63) is 35.4 Å². The largest absolute Gasteiger partial charge is 0.478 e. The van der Waals surface area contributed by atoms with Crippen LogP contribution in [0.4, 0.5) is 0 Å². The van der Waals surface area contributed by atoms with E-state index in [4.69, 9.17) is 9.84 Å². The topological polar surface area (TPSA) is 63.6 Å². The van der Waals surface area contributed by atoms with Crippen molar-refractivity contribution in [1.29, 1.82) is 0 Å². The number of hydrogen-bond donors (Lipinski definition) is 1. The molecule has 111 valence electrons. The van der Waals surface area contributed by atoms with Crippen LogP contribution < -0.4 is 0 Å². The van der Waals surface area contributed by atoms with E-state index in [0.717, 1.165) is 25.7 Å². The van der Waals surface area contributed by atoms with Crippen LogP contribution in [0.25, 0.3) is 0 Å². The molecular formula is C16H22NaO4. The molecule has 0 aromatic heterocycles. The molecular weight excluding hydrogens is 279 g/mol. The molecule has 0 aliphatic rings. The Labute approximate surface area is 148 Å². The zero-order valence-corrected chi connectivity index (χ0v) is 15.1. The first kappa shape index (κ1) is 20.2. The predicted octanol–water partition coefficient (Wildman–Crippen LogP) is 3.38. The van der Waals surface area contributed by atoms with Gasteiger partial charge in [0.25, 0.3) is 0 Å². The monoisotopic (exact) mass is 301 g/mol. The van der Waals surface area contributed by atoms with E-state index >= 15 is 0 Å². The maximum absolute atomic E-state index is 12.0. The minimum Gasteiger partial charge on any atom is -0.478 e. The first-order valence-electron chi connectivity index (χ1n) is 7.09. The van der Waals surface area contributed by atoms with Gasteiger partial charge in [0.1, 0.15) is 0 Å². The number of ether oxygens (including phenoxy) is 1. The smallest absolute Gasteiger partial charge is 0.339 e. The molecule has 1 N–H and O–H groups in total. The van der Waals surface area contributed by atoms with Crippen LogP contribution >= 0.6 is 0 Å². The second-order valence-electron chi connectivity index (χ2n) is 4.87. The van der Waals surface area contributed by atoms with Crippen LogP contribution in [0.2, 0.25) is 0 Å². The molecule has 21 heavy (non-hydrogen) atoms. The van der Waals surface area contributed by atoms with Gasteiger partial charge in [0.05, 0.1) is 17.7 Å². The third-order valence-electron chi connectivity index (χ3n) is 3.37. The van der Waals surface area contributed by atoms with E-state index in [0.29, 0.717) is 12.5 Å². The van der Waals surface area contributed by atoms with Crippen LogP contribution in [0.1, 0.15) is 60.2 Å². The summed E-state index contributed by atoms with van der Waals surface area (Å²) >= 11 is 0. The second kappa shape index (κ2) is 10.8. The van der Waals surface area contributed by atoms with Crippen LogP contribution in [0.5, 0.6) is 0 Å². The molecule has 0 spiro atoms. The van der Waals surface area contributed by atoms with Crippen LogP contribution in [0.3, 0.4) is 0 Å². The van der Waals surface area contributed by atoms with Gasteiger partial charge in [-0.25, -0.2) is 9.59 Å². The van der Waals surface area contributed by atoms with E-state index in [1.54, 1.807) is 12.1 Å². The van der Waals surface area contributed by atoms with Gasteiger partial charge in [0.15, 0.2) is 0 Å². The summed E-state index contributed by atoms with van der Waals surface area (Å²) in [6, 6.07) is 6.12. The summed E-state index contributed by atoms with van der Waals surface area (Å²) in [5, 5.41) is 9.05. The molecule has 0 amide bonds. The van der Waals surface area contributed by atoms with Gasteiger partial charge in [0.2, 0.25) is 0 Å². The Morgan fingerprint density at radius 3 is 2.33 bits per heavy atom. The first-order chi connectivity index (χ1) is 9.60. The SMILES string of the molecule is CCCCC(CC)COC(=O)c1ccccc1C(=O)O.[Na]. The van der Waals surface area contributed by atoms with Crippen molar-refractivity contribution in [3.63, 3.8) is 0 Å². The van der Waals surface area contributed by atoms with E-state index in [-0.39, 0.29) is 40.7 Å². The molecule has 0 fully saturated rings. The molecule has 0 saturated carbocycles. The fourth-order valence-corrected chi connectivity index (χ4v) is 2.02. The van der Waals surface area contributed by atoms with E-state index in [9.17, 15) is 9.59 Å². The molecule has 1 radical (unpaired) electrons. The number of unbranched alkanes of at least 4 members (excludes halogenated alkanes) is 1. The molecule has 0 saturated heterocycles. The summed E-state index contributed by atoms with van der Waals surface area (Å²) < 4.78 is 5.27. The Hall–Kier alpha value is -0.840. The van der Waals surface area contributed by atoms with Gasteiger partial charge in [-0.15, -0.1) is 0 Å². The Morgan fingerprint density at radius 1 is 1.19 bits per heavy atom. The molecule has 0 bridgehead atoms. The number of esters is 1. The number of benzene rings is 1. The third-order valence-corrected chi connectivity index (χ3v) is 3.37. The van der Waals surface area contributed by atoms with Gasteiger partial charge in [-0.2, -0.15) is 0 Å². The van der Waals surface area contributed by atoms with Crippen LogP contribution in [-0.4, -0.2) is 53.2 Å². The van der Waals surface area contributed by atoms with Crippen molar-refractivity contribution in [2.45, 2.75) is 39.5 Å². The first-order valence-corrected chi connectivity index (χ1v) is 7.09. The average molecular weight is 301 g/mol. The van der Waals surface area contributed by atoms with Crippen LogP contribution in [0.15, 0.2) is 24.3 Å². The van der Waals surface area contributed by atoms with E-state index in [1.165, 1.54) is 12.1 Å². The normalized spacial score (nSPS) is 11.3. The van der Waals surface area contributed by atoms with Crippen LogP contribution in [0, 0.1) is 5.92 Å². The van der Waals surface area contributed by atoms with Gasteiger partial charge in [-0.3, -0.25) is 0 Å². The molecule has 0 aliphatic heterocycles. The van der Waals surface area contributed by atoms with Gasteiger partial charge in [-0.05, 0) is 24.5 Å². The molecule has 4 nitrogen and oxygen atoms in total. The fourth-order valence-electron chi connectivity index (χ4n) is 2.02. The molecule has 1 rings (SSSR count). The van der Waals surface area contributed by atoms with Crippen molar-refractivity contribution in [2.24, 2.45) is 5.92 Å². The minimum absolute atomic E-state index is 0. The van der Waals surface area contributed by atoms with Gasteiger partial charge in [0, 0.05) is 29.6 Å². The Balaban J connectivity index is 0.00000400. The molecule has 1 aromatic rings.